The van der Waals surface area contributed by atoms with Gasteiger partial charge in [-0.3, -0.25) is 24.3 Å². The number of nitrogens with zero attached hydrogens (tertiary/aromatic N) is 5. The molecule has 3 heterocycles. The van der Waals surface area contributed by atoms with Crippen LogP contribution in [0.4, 0.5) is 31.7 Å². The van der Waals surface area contributed by atoms with E-state index in [1.807, 2.05) is 46.2 Å². The molecule has 67 heavy (non-hydrogen) atoms. The van der Waals surface area contributed by atoms with Crippen LogP contribution in [0.3, 0.4) is 0 Å². The molecule has 350 valence electrons. The Morgan fingerprint density at radius 3 is 2.18 bits per heavy atom. The van der Waals surface area contributed by atoms with E-state index in [-0.39, 0.29) is 42.4 Å². The monoisotopic (exact) mass is 914 g/mol. The second kappa shape index (κ2) is 22.7. The molecule has 2 fully saturated rings. The average molecular weight is 915 g/mol. The highest BCUT2D eigenvalue weighted by Crippen LogP contribution is 2.28. The second-order valence-corrected chi connectivity index (χ2v) is 17.1. The first-order chi connectivity index (χ1) is 32.5. The molecular formula is C50H56F2N10O5. The van der Waals surface area contributed by atoms with E-state index in [4.69, 9.17) is 0 Å². The highest BCUT2D eigenvalue weighted by Gasteiger charge is 2.26. The molecule has 0 aliphatic carbocycles. The van der Waals surface area contributed by atoms with Gasteiger partial charge in [-0.15, -0.1) is 0 Å². The smallest absolute Gasteiger partial charge is 0.258 e. The van der Waals surface area contributed by atoms with Gasteiger partial charge in [0, 0.05) is 100 Å². The van der Waals surface area contributed by atoms with Crippen LogP contribution in [0.5, 0.6) is 0 Å². The number of carbonyl (C=O) groups excluding carboxylic acids is 5. The predicted octanol–water partition coefficient (Wildman–Crippen LogP) is 6.76. The summed E-state index contributed by atoms with van der Waals surface area (Å²) in [4.78, 5) is 69.0. The van der Waals surface area contributed by atoms with Crippen molar-refractivity contribution in [2.45, 2.75) is 76.3 Å². The fraction of sp³-hybridized carbons (Fsp3) is 0.380. The molecule has 0 radical (unpaired) electrons. The number of carbonyl (C=O) groups is 5. The number of anilines is 4. The van der Waals surface area contributed by atoms with Crippen LogP contribution in [0.25, 0.3) is 10.9 Å². The first-order valence-corrected chi connectivity index (χ1v) is 22.9. The number of hydrogen-bond acceptors (Lipinski definition) is 10. The molecular weight excluding hydrogens is 859 g/mol. The number of aromatic amines is 1. The molecule has 1 atom stereocenters. The van der Waals surface area contributed by atoms with Gasteiger partial charge in [-0.25, -0.2) is 8.78 Å². The molecule has 15 nitrogen and oxygen atoms in total. The number of hydrogen-bond donors (Lipinski definition) is 5. The number of rotatable bonds is 19. The maximum Gasteiger partial charge on any atom is 0.258 e. The Bertz CT molecular complexity index is 2580. The van der Waals surface area contributed by atoms with Crippen molar-refractivity contribution in [3.8, 4) is 6.07 Å². The van der Waals surface area contributed by atoms with Gasteiger partial charge in [0.25, 0.3) is 5.91 Å². The van der Waals surface area contributed by atoms with Crippen molar-refractivity contribution >= 4 is 63.7 Å². The Balaban J connectivity index is 0.818. The van der Waals surface area contributed by atoms with Crippen LogP contribution in [-0.4, -0.2) is 108 Å². The summed E-state index contributed by atoms with van der Waals surface area (Å²) >= 11 is 0. The molecule has 5 aromatic rings. The quantitative estimate of drug-likeness (QED) is 0.0436. The molecule has 2 aliphatic heterocycles. The Hall–Kier alpha value is -7.35. The number of fused-ring (bicyclic) bond motifs is 1. The highest BCUT2D eigenvalue weighted by molar-refractivity contribution is 6.11. The molecule has 17 heteroatoms. The summed E-state index contributed by atoms with van der Waals surface area (Å²) in [6.07, 6.45) is 6.11. The Morgan fingerprint density at radius 1 is 0.836 bits per heavy atom. The van der Waals surface area contributed by atoms with Crippen molar-refractivity contribution in [1.82, 2.24) is 25.3 Å². The normalized spacial score (nSPS) is 14.6. The lowest BCUT2D eigenvalue weighted by Crippen LogP contribution is -2.48. The van der Waals surface area contributed by atoms with E-state index in [2.05, 4.69) is 42.4 Å². The molecule has 0 saturated carbocycles. The summed E-state index contributed by atoms with van der Waals surface area (Å²) in [7, 11) is 1.57. The van der Waals surface area contributed by atoms with Crippen LogP contribution in [-0.2, 0) is 25.6 Å². The number of aromatic nitrogens is 2. The van der Waals surface area contributed by atoms with E-state index in [0.29, 0.717) is 117 Å². The van der Waals surface area contributed by atoms with Crippen LogP contribution < -0.4 is 26.2 Å². The van der Waals surface area contributed by atoms with Gasteiger partial charge in [-0.2, -0.15) is 10.4 Å². The zero-order valence-corrected chi connectivity index (χ0v) is 37.6. The Morgan fingerprint density at radius 2 is 1.52 bits per heavy atom. The largest absolute Gasteiger partial charge is 0.381 e. The lowest BCUT2D eigenvalue weighted by atomic mass is 10.0. The standard InChI is InChI=1S/C50H56F2N10O5/c1-54-50(67)44(6-5-25-63)55-38-11-13-40(14-12-38)60-21-23-62(24-22-60)47(65)8-4-2-3-7-46(64)61-19-17-39(18-20-61)56-45-30-34(32-53)9-15-41(45)49(66)57-48-42-29-33(10-16-43(42)58-59-48)26-35-27-36(51)31-37(52)28-35/h9-16,25,27-31,39,44,55-56H,2-8,17-24,26H2,1H3,(H,54,67)(H2,57,58,59,66). The molecule has 0 spiro atoms. The Kier molecular flexibility index (Phi) is 16.1. The number of piperidine rings is 1. The lowest BCUT2D eigenvalue weighted by molar-refractivity contribution is -0.132. The number of amides is 4. The summed E-state index contributed by atoms with van der Waals surface area (Å²) in [6, 6.07) is 23.0. The number of benzene rings is 4. The molecule has 1 aromatic heterocycles. The van der Waals surface area contributed by atoms with Crippen molar-refractivity contribution in [2.24, 2.45) is 0 Å². The predicted molar refractivity (Wildman–Crippen MR) is 253 cm³/mol. The van der Waals surface area contributed by atoms with Crippen LogP contribution in [0, 0.1) is 23.0 Å². The highest BCUT2D eigenvalue weighted by atomic mass is 19.1. The van der Waals surface area contributed by atoms with Crippen molar-refractivity contribution in [2.75, 3.05) is 67.2 Å². The summed E-state index contributed by atoms with van der Waals surface area (Å²) in [6.45, 7) is 3.77. The third-order valence-corrected chi connectivity index (χ3v) is 12.4. The minimum Gasteiger partial charge on any atom is -0.381 e. The minimum absolute atomic E-state index is 0.0447. The molecule has 1 unspecified atom stereocenters. The number of aldehydes is 1. The van der Waals surface area contributed by atoms with E-state index in [1.165, 1.54) is 12.1 Å². The van der Waals surface area contributed by atoms with Crippen LogP contribution in [0.2, 0.25) is 0 Å². The number of halogens is 2. The topological polar surface area (TPSA) is 196 Å². The molecule has 2 aliphatic rings. The molecule has 7 rings (SSSR count). The summed E-state index contributed by atoms with van der Waals surface area (Å²) in [5.41, 5.74) is 4.93. The fourth-order valence-electron chi connectivity index (χ4n) is 8.72. The van der Waals surface area contributed by atoms with E-state index in [1.54, 1.807) is 31.3 Å². The zero-order chi connectivity index (χ0) is 47.3. The molecule has 4 amide bonds. The van der Waals surface area contributed by atoms with Crippen molar-refractivity contribution < 1.29 is 32.8 Å². The van der Waals surface area contributed by atoms with Crippen molar-refractivity contribution in [1.29, 1.82) is 5.26 Å². The number of likely N-dealkylation sites (N-methyl/N-ethyl adjacent to an activating group) is 1. The van der Waals surface area contributed by atoms with E-state index in [9.17, 15) is 38.0 Å². The van der Waals surface area contributed by atoms with Crippen molar-refractivity contribution in [3.05, 3.63) is 113 Å². The van der Waals surface area contributed by atoms with Gasteiger partial charge in [-0.1, -0.05) is 12.5 Å². The molecule has 0 bridgehead atoms. The third kappa shape index (κ3) is 12.7. The fourth-order valence-corrected chi connectivity index (χ4v) is 8.72. The van der Waals surface area contributed by atoms with Crippen LogP contribution in [0.1, 0.15) is 84.8 Å². The van der Waals surface area contributed by atoms with E-state index < -0.39 is 23.6 Å². The maximum absolute atomic E-state index is 13.8. The number of likely N-dealkylation sites (tertiary alicyclic amines) is 1. The number of unbranched alkanes of at least 4 members (excludes halogenated alkanes) is 2. The maximum atomic E-state index is 13.8. The van der Waals surface area contributed by atoms with Gasteiger partial charge in [0.1, 0.15) is 24.0 Å². The second-order valence-electron chi connectivity index (χ2n) is 17.1. The zero-order valence-electron chi connectivity index (χ0n) is 37.6. The summed E-state index contributed by atoms with van der Waals surface area (Å²) in [5, 5.41) is 29.7. The molecule has 5 N–H and O–H groups in total. The number of nitrogens with one attached hydrogen (secondary N) is 5. The number of nitriles is 1. The van der Waals surface area contributed by atoms with Crippen LogP contribution >= 0.6 is 0 Å². The van der Waals surface area contributed by atoms with Crippen molar-refractivity contribution in [3.63, 3.8) is 0 Å². The third-order valence-electron chi connectivity index (χ3n) is 12.4. The number of piperazine rings is 1. The first kappa shape index (κ1) is 47.6. The van der Waals surface area contributed by atoms with E-state index >= 15 is 0 Å². The van der Waals surface area contributed by atoms with Gasteiger partial charge in [0.15, 0.2) is 5.82 Å². The average Bonchev–Trinajstić information content (AvgIpc) is 3.73. The Labute approximate surface area is 388 Å². The lowest BCUT2D eigenvalue weighted by Gasteiger charge is -2.36. The van der Waals surface area contributed by atoms with Crippen LogP contribution in [0.15, 0.2) is 78.9 Å². The van der Waals surface area contributed by atoms with Gasteiger partial charge in [-0.05, 0) is 116 Å². The molecule has 2 saturated heterocycles. The number of H-pyrrole nitrogens is 1. The SMILES string of the molecule is CNC(=O)C(CCC=O)Nc1ccc(N2CCN(C(=O)CCCCCC(=O)N3CCC(Nc4cc(C#N)ccc4C(=O)Nc4n[nH]c5ccc(Cc6cc(F)cc(F)c6)cc45)CC3)CC2)cc1. The molecule has 4 aromatic carbocycles. The van der Waals surface area contributed by atoms with Gasteiger partial charge < -0.3 is 40.8 Å². The summed E-state index contributed by atoms with van der Waals surface area (Å²) < 4.78 is 27.7. The van der Waals surface area contributed by atoms with Gasteiger partial charge in [0.2, 0.25) is 17.7 Å². The minimum atomic E-state index is -0.656. The van der Waals surface area contributed by atoms with Gasteiger partial charge in [0.05, 0.1) is 22.7 Å². The van der Waals surface area contributed by atoms with Gasteiger partial charge >= 0.3 is 0 Å². The van der Waals surface area contributed by atoms with E-state index in [0.717, 1.165) is 35.7 Å². The summed E-state index contributed by atoms with van der Waals surface area (Å²) in [5.74, 6) is -1.43. The first-order valence-electron chi connectivity index (χ1n) is 22.9.